The van der Waals surface area contributed by atoms with Crippen molar-refractivity contribution in [2.45, 2.75) is 56.1 Å². The smallest absolute Gasteiger partial charge is 0.434 e. The van der Waals surface area contributed by atoms with Gasteiger partial charge in [-0.1, -0.05) is 30.5 Å². The second kappa shape index (κ2) is 9.80. The van der Waals surface area contributed by atoms with Gasteiger partial charge in [-0.05, 0) is 36.1 Å². The Kier molecular flexibility index (Phi) is 7.61. The summed E-state index contributed by atoms with van der Waals surface area (Å²) in [6.07, 6.45) is -15.0. The van der Waals surface area contributed by atoms with Gasteiger partial charge in [-0.25, -0.2) is 4.79 Å². The van der Waals surface area contributed by atoms with Gasteiger partial charge in [0.05, 0.1) is 5.41 Å². The van der Waals surface area contributed by atoms with Gasteiger partial charge in [-0.2, -0.15) is 26.3 Å². The molecule has 1 aromatic carbocycles. The highest BCUT2D eigenvalue weighted by Gasteiger charge is 2.60. The number of aliphatic carboxylic acids is 1. The second-order valence-electron chi connectivity index (χ2n) is 8.51. The summed E-state index contributed by atoms with van der Waals surface area (Å²) in [7, 11) is 0. The first-order chi connectivity index (χ1) is 15.7. The maximum Gasteiger partial charge on any atom is 0.434 e. The highest BCUT2D eigenvalue weighted by molar-refractivity contribution is 6.30. The summed E-state index contributed by atoms with van der Waals surface area (Å²) in [5.41, 5.74) is 0.264. The second-order valence-corrected chi connectivity index (χ2v) is 8.94. The molecular weight excluding hydrogens is 494 g/mol. The number of nitrogens with zero attached hydrogens (tertiary/aromatic N) is 2. The van der Waals surface area contributed by atoms with Gasteiger partial charge in [-0.15, -0.1) is 0 Å². The monoisotopic (exact) mass is 516 g/mol. The molecule has 0 radical (unpaired) electrons. The lowest BCUT2D eigenvalue weighted by Crippen LogP contribution is -2.52. The molecule has 0 spiro atoms. The van der Waals surface area contributed by atoms with Gasteiger partial charge in [0.15, 0.2) is 0 Å². The molecule has 1 amide bonds. The standard InChI is InChI=1S/C21H23ClF6N2O4/c22-14-4-3-13(15(11-14)19(17(31)32)5-1-2-6-19)12-29-7-9-30(10-8-29)18(33)34-16(20(23,24)25)21(26,27)28/h3-4,11,16H,1-2,5-10,12H2,(H,31,32). The van der Waals surface area contributed by atoms with E-state index in [1.54, 1.807) is 18.2 Å². The molecule has 1 aliphatic heterocycles. The first-order valence-corrected chi connectivity index (χ1v) is 11.0. The van der Waals surface area contributed by atoms with Crippen LogP contribution in [0.3, 0.4) is 0 Å². The van der Waals surface area contributed by atoms with Crippen LogP contribution in [0.5, 0.6) is 0 Å². The molecule has 3 rings (SSSR count). The van der Waals surface area contributed by atoms with Crippen LogP contribution in [0, 0.1) is 0 Å². The van der Waals surface area contributed by atoms with E-state index in [-0.39, 0.29) is 32.7 Å². The van der Waals surface area contributed by atoms with E-state index in [0.29, 0.717) is 23.4 Å². The van der Waals surface area contributed by atoms with Gasteiger partial charge in [0.25, 0.3) is 6.10 Å². The van der Waals surface area contributed by atoms with Gasteiger partial charge in [0.2, 0.25) is 0 Å². The number of piperazine rings is 1. The Bertz CT molecular complexity index is 896. The summed E-state index contributed by atoms with van der Waals surface area (Å²) in [5.74, 6) is -0.940. The molecule has 1 saturated heterocycles. The number of amides is 1. The first kappa shape index (κ1) is 26.4. The number of benzene rings is 1. The van der Waals surface area contributed by atoms with E-state index in [9.17, 15) is 41.0 Å². The third-order valence-electron chi connectivity index (χ3n) is 6.29. The molecule has 1 heterocycles. The summed E-state index contributed by atoms with van der Waals surface area (Å²) in [6.45, 7) is 0.306. The van der Waals surface area contributed by atoms with Crippen molar-refractivity contribution in [1.29, 1.82) is 0 Å². The highest BCUT2D eigenvalue weighted by Crippen LogP contribution is 2.44. The molecule has 0 atom stereocenters. The number of carboxylic acids is 1. The summed E-state index contributed by atoms with van der Waals surface area (Å²) in [6, 6.07) is 4.99. The van der Waals surface area contributed by atoms with E-state index in [1.807, 2.05) is 4.90 Å². The number of hydrogen-bond acceptors (Lipinski definition) is 4. The largest absolute Gasteiger partial charge is 0.481 e. The molecule has 0 bridgehead atoms. The Morgan fingerprint density at radius 3 is 2.09 bits per heavy atom. The highest BCUT2D eigenvalue weighted by atomic mass is 35.5. The normalized spacial score (nSPS) is 19.5. The number of halogens is 7. The Morgan fingerprint density at radius 2 is 1.59 bits per heavy atom. The van der Waals surface area contributed by atoms with E-state index in [0.717, 1.165) is 23.3 Å². The minimum absolute atomic E-state index is 0.145. The zero-order valence-electron chi connectivity index (χ0n) is 17.9. The van der Waals surface area contributed by atoms with Crippen LogP contribution in [-0.4, -0.2) is 71.6 Å². The van der Waals surface area contributed by atoms with E-state index in [2.05, 4.69) is 4.74 Å². The Balaban J connectivity index is 1.67. The number of hydrogen-bond donors (Lipinski definition) is 1. The molecule has 1 N–H and O–H groups in total. The Hall–Kier alpha value is -2.21. The topological polar surface area (TPSA) is 70.1 Å². The van der Waals surface area contributed by atoms with Crippen molar-refractivity contribution in [1.82, 2.24) is 9.80 Å². The van der Waals surface area contributed by atoms with Crippen LogP contribution in [0.2, 0.25) is 5.02 Å². The van der Waals surface area contributed by atoms with E-state index in [1.165, 1.54) is 0 Å². The molecule has 13 heteroatoms. The van der Waals surface area contributed by atoms with Gasteiger partial charge >= 0.3 is 24.4 Å². The van der Waals surface area contributed by atoms with Gasteiger partial charge in [0.1, 0.15) is 0 Å². The van der Waals surface area contributed by atoms with E-state index >= 15 is 0 Å². The van der Waals surface area contributed by atoms with Crippen molar-refractivity contribution in [2.75, 3.05) is 26.2 Å². The summed E-state index contributed by atoms with van der Waals surface area (Å²) >= 11 is 6.14. The molecule has 0 unspecified atom stereocenters. The maximum atomic E-state index is 12.7. The zero-order chi connectivity index (χ0) is 25.3. The predicted molar refractivity (Wildman–Crippen MR) is 108 cm³/mol. The lowest BCUT2D eigenvalue weighted by molar-refractivity contribution is -0.308. The third-order valence-corrected chi connectivity index (χ3v) is 6.53. The Morgan fingerprint density at radius 1 is 1.03 bits per heavy atom. The maximum absolute atomic E-state index is 12.7. The Labute approximate surface area is 196 Å². The van der Waals surface area contributed by atoms with E-state index in [4.69, 9.17) is 11.6 Å². The molecule has 2 aliphatic rings. The van der Waals surface area contributed by atoms with Crippen molar-refractivity contribution < 1.29 is 45.8 Å². The minimum atomic E-state index is -5.78. The predicted octanol–water partition coefficient (Wildman–Crippen LogP) is 4.98. The lowest BCUT2D eigenvalue weighted by Gasteiger charge is -2.36. The number of rotatable bonds is 5. The number of alkyl halides is 6. The molecule has 2 fully saturated rings. The van der Waals surface area contributed by atoms with Crippen molar-refractivity contribution in [3.05, 3.63) is 34.3 Å². The number of carbonyl (C=O) groups is 2. The molecule has 190 valence electrons. The summed E-state index contributed by atoms with van der Waals surface area (Å²) in [5, 5.41) is 10.3. The van der Waals surface area contributed by atoms with Crippen molar-refractivity contribution in [2.24, 2.45) is 0 Å². The summed E-state index contributed by atoms with van der Waals surface area (Å²) < 4.78 is 79.7. The zero-order valence-corrected chi connectivity index (χ0v) is 18.6. The van der Waals surface area contributed by atoms with Crippen LogP contribution in [0.15, 0.2) is 18.2 Å². The average molecular weight is 517 g/mol. The van der Waals surface area contributed by atoms with Crippen molar-refractivity contribution >= 4 is 23.7 Å². The van der Waals surface area contributed by atoms with Crippen molar-refractivity contribution in [3.8, 4) is 0 Å². The molecule has 34 heavy (non-hydrogen) atoms. The minimum Gasteiger partial charge on any atom is -0.481 e. The van der Waals surface area contributed by atoms with Crippen LogP contribution >= 0.6 is 11.6 Å². The third kappa shape index (κ3) is 5.70. The number of carboxylic acid groups (broad SMARTS) is 1. The molecule has 1 aliphatic carbocycles. The fourth-order valence-corrected chi connectivity index (χ4v) is 4.71. The van der Waals surface area contributed by atoms with Crippen LogP contribution in [0.1, 0.15) is 36.8 Å². The number of carbonyl (C=O) groups excluding carboxylic acids is 1. The quantitative estimate of drug-likeness (QED) is 0.559. The average Bonchev–Trinajstić information content (AvgIpc) is 3.23. The molecule has 0 aromatic heterocycles. The fourth-order valence-electron chi connectivity index (χ4n) is 4.53. The molecule has 6 nitrogen and oxygen atoms in total. The first-order valence-electron chi connectivity index (χ1n) is 10.6. The molecular formula is C21H23ClF6N2O4. The van der Waals surface area contributed by atoms with Gasteiger partial charge in [0, 0.05) is 37.7 Å². The van der Waals surface area contributed by atoms with Gasteiger partial charge < -0.3 is 14.7 Å². The molecule has 1 aromatic rings. The van der Waals surface area contributed by atoms with Crippen molar-refractivity contribution in [3.63, 3.8) is 0 Å². The van der Waals surface area contributed by atoms with Gasteiger partial charge in [-0.3, -0.25) is 9.69 Å². The SMILES string of the molecule is O=C(OC(C(F)(F)F)C(F)(F)F)N1CCN(Cc2ccc(Cl)cc2C2(C(=O)O)CCCC2)CC1. The number of ether oxygens (including phenoxy) is 1. The van der Waals surface area contributed by atoms with Crippen LogP contribution < -0.4 is 0 Å². The molecule has 1 saturated carbocycles. The van der Waals surface area contributed by atoms with Crippen LogP contribution in [0.4, 0.5) is 31.1 Å². The van der Waals surface area contributed by atoms with Crippen LogP contribution in [0.25, 0.3) is 0 Å². The van der Waals surface area contributed by atoms with Crippen LogP contribution in [-0.2, 0) is 21.5 Å². The van der Waals surface area contributed by atoms with E-state index < -0.39 is 35.9 Å². The fraction of sp³-hybridized carbons (Fsp3) is 0.619. The summed E-state index contributed by atoms with van der Waals surface area (Å²) in [4.78, 5) is 26.7. The lowest BCUT2D eigenvalue weighted by atomic mass is 9.76.